The van der Waals surface area contributed by atoms with Gasteiger partial charge in [0.05, 0.1) is 0 Å². The maximum Gasteiger partial charge on any atom is 0.407 e. The lowest BCUT2D eigenvalue weighted by atomic mass is 10.2. The van der Waals surface area contributed by atoms with Crippen molar-refractivity contribution in [2.45, 2.75) is 13.0 Å². The zero-order chi connectivity index (χ0) is 11.4. The molecule has 1 unspecified atom stereocenters. The van der Waals surface area contributed by atoms with E-state index in [1.165, 1.54) is 5.57 Å². The largest absolute Gasteiger partial charge is 0.445 e. The van der Waals surface area contributed by atoms with Gasteiger partial charge in [0.1, 0.15) is 6.61 Å². The van der Waals surface area contributed by atoms with Crippen molar-refractivity contribution in [2.75, 3.05) is 6.54 Å². The van der Waals surface area contributed by atoms with Gasteiger partial charge in [-0.2, -0.15) is 0 Å². The van der Waals surface area contributed by atoms with Crippen LogP contribution in [-0.2, 0) is 11.3 Å². The van der Waals surface area contributed by atoms with Crippen LogP contribution in [0.25, 0.3) is 0 Å². The van der Waals surface area contributed by atoms with Crippen molar-refractivity contribution in [3.05, 3.63) is 48.0 Å². The molecule has 0 radical (unpaired) electrons. The summed E-state index contributed by atoms with van der Waals surface area (Å²) in [6.45, 7) is 4.79. The second-order valence-corrected chi connectivity index (χ2v) is 4.00. The number of alkyl carbamates (subject to hydrolysis) is 1. The third-order valence-electron chi connectivity index (χ3n) is 2.63. The lowest BCUT2D eigenvalue weighted by molar-refractivity contribution is 0.139. The number of rotatable bonds is 4. The standard InChI is InChI=1S/C13H15NO2/c1-10-7-12(10)8-14-13(15)16-9-11-5-3-2-4-6-11/h2-6,12H,1,7-9H2,(H,14,15). The molecule has 1 aromatic carbocycles. The van der Waals surface area contributed by atoms with Crippen molar-refractivity contribution in [1.29, 1.82) is 0 Å². The summed E-state index contributed by atoms with van der Waals surface area (Å²) in [7, 11) is 0. The minimum Gasteiger partial charge on any atom is -0.445 e. The molecule has 0 heterocycles. The molecule has 0 aliphatic heterocycles. The average Bonchev–Trinajstić information content (AvgIpc) is 3.01. The molecule has 0 bridgehead atoms. The summed E-state index contributed by atoms with van der Waals surface area (Å²) < 4.78 is 5.06. The monoisotopic (exact) mass is 217 g/mol. The predicted octanol–water partition coefficient (Wildman–Crippen LogP) is 2.49. The Balaban J connectivity index is 1.66. The van der Waals surface area contributed by atoms with E-state index < -0.39 is 0 Å². The fourth-order valence-electron chi connectivity index (χ4n) is 1.45. The van der Waals surface area contributed by atoms with Gasteiger partial charge in [-0.05, 0) is 12.0 Å². The van der Waals surface area contributed by atoms with Crippen LogP contribution in [0.3, 0.4) is 0 Å². The van der Waals surface area contributed by atoms with Crippen LogP contribution in [0, 0.1) is 5.92 Å². The molecule has 0 aromatic heterocycles. The van der Waals surface area contributed by atoms with E-state index in [2.05, 4.69) is 11.9 Å². The molecule has 1 aliphatic carbocycles. The Labute approximate surface area is 95.1 Å². The van der Waals surface area contributed by atoms with Crippen LogP contribution >= 0.6 is 0 Å². The van der Waals surface area contributed by atoms with E-state index >= 15 is 0 Å². The van der Waals surface area contributed by atoms with E-state index in [0.29, 0.717) is 19.1 Å². The molecule has 0 saturated heterocycles. The van der Waals surface area contributed by atoms with Gasteiger partial charge >= 0.3 is 6.09 Å². The topological polar surface area (TPSA) is 38.3 Å². The van der Waals surface area contributed by atoms with Crippen molar-refractivity contribution in [3.63, 3.8) is 0 Å². The highest BCUT2D eigenvalue weighted by Gasteiger charge is 2.27. The fourth-order valence-corrected chi connectivity index (χ4v) is 1.45. The van der Waals surface area contributed by atoms with Crippen molar-refractivity contribution >= 4 is 6.09 Å². The molecule has 2 rings (SSSR count). The second-order valence-electron chi connectivity index (χ2n) is 4.00. The Hall–Kier alpha value is -1.77. The first-order chi connectivity index (χ1) is 7.75. The molecule has 1 amide bonds. The lowest BCUT2D eigenvalue weighted by Gasteiger charge is -2.05. The van der Waals surface area contributed by atoms with E-state index in [-0.39, 0.29) is 6.09 Å². The van der Waals surface area contributed by atoms with Gasteiger partial charge in [0.25, 0.3) is 0 Å². The minimum absolute atomic E-state index is 0.318. The lowest BCUT2D eigenvalue weighted by Crippen LogP contribution is -2.26. The molecule has 1 saturated carbocycles. The van der Waals surface area contributed by atoms with Crippen molar-refractivity contribution in [1.82, 2.24) is 5.32 Å². The van der Waals surface area contributed by atoms with E-state index in [4.69, 9.17) is 4.74 Å². The van der Waals surface area contributed by atoms with Crippen molar-refractivity contribution < 1.29 is 9.53 Å². The quantitative estimate of drug-likeness (QED) is 0.787. The number of amides is 1. The first-order valence-corrected chi connectivity index (χ1v) is 5.38. The summed E-state index contributed by atoms with van der Waals surface area (Å²) >= 11 is 0. The highest BCUT2D eigenvalue weighted by atomic mass is 16.5. The number of ether oxygens (including phenoxy) is 1. The molecule has 16 heavy (non-hydrogen) atoms. The molecule has 1 fully saturated rings. The molecule has 1 aliphatic rings. The van der Waals surface area contributed by atoms with E-state index in [9.17, 15) is 4.79 Å². The van der Waals surface area contributed by atoms with E-state index in [1.807, 2.05) is 30.3 Å². The third kappa shape index (κ3) is 3.12. The summed E-state index contributed by atoms with van der Waals surface area (Å²) in [5, 5.41) is 2.72. The van der Waals surface area contributed by atoms with Gasteiger partial charge in [-0.25, -0.2) is 4.79 Å². The van der Waals surface area contributed by atoms with Crippen LogP contribution in [0.4, 0.5) is 4.79 Å². The average molecular weight is 217 g/mol. The summed E-state index contributed by atoms with van der Waals surface area (Å²) in [4.78, 5) is 11.3. The maximum absolute atomic E-state index is 11.3. The first-order valence-electron chi connectivity index (χ1n) is 5.38. The molecular weight excluding hydrogens is 202 g/mol. The number of nitrogens with one attached hydrogen (secondary N) is 1. The summed E-state index contributed by atoms with van der Waals surface area (Å²) in [5.74, 6) is 0.462. The van der Waals surface area contributed by atoms with E-state index in [1.54, 1.807) is 0 Å². The Kier molecular flexibility index (Phi) is 3.25. The summed E-state index contributed by atoms with van der Waals surface area (Å²) in [6, 6.07) is 9.63. The Morgan fingerprint density at radius 2 is 2.12 bits per heavy atom. The number of benzene rings is 1. The molecule has 84 valence electrons. The zero-order valence-corrected chi connectivity index (χ0v) is 9.11. The normalized spacial score (nSPS) is 18.0. The second kappa shape index (κ2) is 4.84. The minimum atomic E-state index is -0.358. The molecule has 1 N–H and O–H groups in total. The highest BCUT2D eigenvalue weighted by molar-refractivity contribution is 5.67. The van der Waals surface area contributed by atoms with Gasteiger partial charge in [-0.15, -0.1) is 0 Å². The fraction of sp³-hybridized carbons (Fsp3) is 0.308. The maximum atomic E-state index is 11.3. The highest BCUT2D eigenvalue weighted by Crippen LogP contribution is 2.34. The SMILES string of the molecule is C=C1CC1CNC(=O)OCc1ccccc1. The molecule has 0 spiro atoms. The van der Waals surface area contributed by atoms with Gasteiger partial charge in [0, 0.05) is 12.5 Å². The van der Waals surface area contributed by atoms with Crippen LogP contribution in [0.2, 0.25) is 0 Å². The number of hydrogen-bond donors (Lipinski definition) is 1. The van der Waals surface area contributed by atoms with Crippen LogP contribution in [0.1, 0.15) is 12.0 Å². The van der Waals surface area contributed by atoms with Gasteiger partial charge in [0.2, 0.25) is 0 Å². The van der Waals surface area contributed by atoms with Gasteiger partial charge in [-0.1, -0.05) is 42.5 Å². The van der Waals surface area contributed by atoms with Crippen molar-refractivity contribution in [3.8, 4) is 0 Å². The summed E-state index contributed by atoms with van der Waals surface area (Å²) in [5.41, 5.74) is 2.21. The zero-order valence-electron chi connectivity index (χ0n) is 9.11. The first kappa shape index (κ1) is 10.7. The smallest absolute Gasteiger partial charge is 0.407 e. The molecular formula is C13H15NO2. The van der Waals surface area contributed by atoms with Crippen molar-refractivity contribution in [2.24, 2.45) is 5.92 Å². The van der Waals surface area contributed by atoms with E-state index in [0.717, 1.165) is 12.0 Å². The Morgan fingerprint density at radius 1 is 1.44 bits per heavy atom. The molecule has 3 nitrogen and oxygen atoms in total. The Bertz CT molecular complexity index is 386. The van der Waals surface area contributed by atoms with Crippen LogP contribution in [0.15, 0.2) is 42.5 Å². The van der Waals surface area contributed by atoms with Gasteiger partial charge in [0.15, 0.2) is 0 Å². The van der Waals surface area contributed by atoms with Gasteiger partial charge < -0.3 is 10.1 Å². The third-order valence-corrected chi connectivity index (χ3v) is 2.63. The van der Waals surface area contributed by atoms with Crippen LogP contribution < -0.4 is 5.32 Å². The Morgan fingerprint density at radius 3 is 2.75 bits per heavy atom. The molecule has 1 aromatic rings. The van der Waals surface area contributed by atoms with Crippen LogP contribution in [-0.4, -0.2) is 12.6 Å². The molecule has 3 heteroatoms. The molecule has 1 atom stereocenters. The predicted molar refractivity (Wildman–Crippen MR) is 61.9 cm³/mol. The number of carbonyl (C=O) groups excluding carboxylic acids is 1. The number of hydrogen-bond acceptors (Lipinski definition) is 2. The van der Waals surface area contributed by atoms with Crippen LogP contribution in [0.5, 0.6) is 0 Å². The van der Waals surface area contributed by atoms with Gasteiger partial charge in [-0.3, -0.25) is 0 Å². The summed E-state index contributed by atoms with van der Waals surface area (Å²) in [6.07, 6.45) is 0.669. The number of carbonyl (C=O) groups is 1.